The molecule has 0 bridgehead atoms. The predicted molar refractivity (Wildman–Crippen MR) is 96.4 cm³/mol. The van der Waals surface area contributed by atoms with E-state index in [-0.39, 0.29) is 12.4 Å². The zero-order valence-corrected chi connectivity index (χ0v) is 15.7. The van der Waals surface area contributed by atoms with Crippen molar-refractivity contribution >= 4 is 69.6 Å². The highest BCUT2D eigenvalue weighted by atomic mass is 35.5. The van der Waals surface area contributed by atoms with Gasteiger partial charge in [0.1, 0.15) is 5.47 Å². The average Bonchev–Trinajstić information content (AvgIpc) is 2.26. The first-order valence-corrected chi connectivity index (χ1v) is 10.9. The third kappa shape index (κ3) is 6.13. The average molecular weight is 380 g/mol. The Morgan fingerprint density at radius 1 is 1.37 bits per heavy atom. The van der Waals surface area contributed by atoms with E-state index >= 15 is 0 Å². The largest absolute Gasteiger partial charge is 0.354 e. The standard InChI is InChI=1S/C12H17Cl2OPS2.ClH/c1-3-5-9(2)8-18-16(15,17)12-10(13)6-4-7-11(12)14;/h4,6-7,9H,3,5,8H2,1-2H3,(H,15,17);1H. The molecule has 1 rings (SSSR count). The van der Waals surface area contributed by atoms with E-state index < -0.39 is 5.47 Å². The molecule has 110 valence electrons. The molecular formula is C12H18Cl3OPS2. The summed E-state index contributed by atoms with van der Waals surface area (Å²) in [6, 6.07) is 5.19. The van der Waals surface area contributed by atoms with Gasteiger partial charge < -0.3 is 4.89 Å². The summed E-state index contributed by atoms with van der Waals surface area (Å²) >= 11 is 19.0. The maximum Gasteiger partial charge on any atom is 0.149 e. The Hall–Kier alpha value is 1.05. The fourth-order valence-corrected chi connectivity index (χ4v) is 8.29. The van der Waals surface area contributed by atoms with Crippen molar-refractivity contribution in [2.24, 2.45) is 5.92 Å². The van der Waals surface area contributed by atoms with Gasteiger partial charge in [0.2, 0.25) is 0 Å². The van der Waals surface area contributed by atoms with Crippen molar-refractivity contribution in [2.75, 3.05) is 5.75 Å². The van der Waals surface area contributed by atoms with Crippen LogP contribution in [0.4, 0.5) is 0 Å². The van der Waals surface area contributed by atoms with E-state index in [2.05, 4.69) is 13.8 Å². The van der Waals surface area contributed by atoms with Gasteiger partial charge >= 0.3 is 0 Å². The van der Waals surface area contributed by atoms with Crippen LogP contribution in [0, 0.1) is 5.92 Å². The van der Waals surface area contributed by atoms with Crippen LogP contribution in [0.5, 0.6) is 0 Å². The lowest BCUT2D eigenvalue weighted by Gasteiger charge is -2.19. The van der Waals surface area contributed by atoms with Gasteiger partial charge in [0.15, 0.2) is 0 Å². The fourth-order valence-electron chi connectivity index (χ4n) is 1.63. The number of hydrogen-bond acceptors (Lipinski definition) is 2. The topological polar surface area (TPSA) is 20.2 Å². The van der Waals surface area contributed by atoms with Crippen LogP contribution >= 0.6 is 52.5 Å². The van der Waals surface area contributed by atoms with Crippen LogP contribution in [0.1, 0.15) is 26.7 Å². The van der Waals surface area contributed by atoms with Gasteiger partial charge in [-0.15, -0.1) is 12.4 Å². The summed E-state index contributed by atoms with van der Waals surface area (Å²) in [5.41, 5.74) is -2.71. The molecule has 0 aliphatic rings. The Labute approximate surface area is 140 Å². The summed E-state index contributed by atoms with van der Waals surface area (Å²) in [6.45, 7) is 4.32. The summed E-state index contributed by atoms with van der Waals surface area (Å²) in [7, 11) is 0. The zero-order valence-electron chi connectivity index (χ0n) is 10.8. The van der Waals surface area contributed by atoms with Crippen LogP contribution in [0.15, 0.2) is 18.2 Å². The third-order valence-corrected chi connectivity index (χ3v) is 9.09. The van der Waals surface area contributed by atoms with E-state index in [0.717, 1.165) is 18.6 Å². The minimum Gasteiger partial charge on any atom is -0.354 e. The molecule has 0 radical (unpaired) electrons. The Balaban J connectivity index is 0.00000324. The molecule has 1 aromatic carbocycles. The van der Waals surface area contributed by atoms with Gasteiger partial charge in [0.25, 0.3) is 0 Å². The summed E-state index contributed by atoms with van der Waals surface area (Å²) < 4.78 is 0. The molecule has 19 heavy (non-hydrogen) atoms. The Bertz CT molecular complexity index is 436. The fraction of sp³-hybridized carbons (Fsp3) is 0.500. The maximum absolute atomic E-state index is 10.5. The molecule has 1 N–H and O–H groups in total. The Kier molecular flexibility index (Phi) is 9.65. The maximum atomic E-state index is 10.5. The molecule has 0 aliphatic carbocycles. The Morgan fingerprint density at radius 2 is 1.89 bits per heavy atom. The molecule has 0 aromatic heterocycles. The van der Waals surface area contributed by atoms with Gasteiger partial charge in [-0.1, -0.05) is 79.1 Å². The van der Waals surface area contributed by atoms with E-state index in [1.165, 1.54) is 11.4 Å². The van der Waals surface area contributed by atoms with Crippen molar-refractivity contribution in [3.63, 3.8) is 0 Å². The van der Waals surface area contributed by atoms with Crippen LogP contribution in [-0.2, 0) is 11.8 Å². The molecule has 2 atom stereocenters. The predicted octanol–water partition coefficient (Wildman–Crippen LogP) is 5.51. The van der Waals surface area contributed by atoms with Gasteiger partial charge in [-0.3, -0.25) is 0 Å². The number of rotatable bonds is 6. The third-order valence-electron chi connectivity index (χ3n) is 2.54. The van der Waals surface area contributed by atoms with Crippen molar-refractivity contribution in [3.8, 4) is 0 Å². The molecule has 1 aromatic rings. The van der Waals surface area contributed by atoms with E-state index in [4.69, 9.17) is 35.0 Å². The van der Waals surface area contributed by atoms with Crippen molar-refractivity contribution in [1.29, 1.82) is 0 Å². The zero-order chi connectivity index (χ0) is 13.8. The van der Waals surface area contributed by atoms with Gasteiger partial charge in [-0.2, -0.15) is 0 Å². The first-order valence-electron chi connectivity index (χ1n) is 5.80. The second-order valence-corrected chi connectivity index (χ2v) is 11.8. The monoisotopic (exact) mass is 378 g/mol. The molecule has 0 amide bonds. The molecule has 0 heterocycles. The number of hydrogen-bond donors (Lipinski definition) is 1. The molecule has 7 heteroatoms. The molecule has 0 saturated heterocycles. The lowest BCUT2D eigenvalue weighted by Crippen LogP contribution is -2.07. The van der Waals surface area contributed by atoms with Gasteiger partial charge in [0, 0.05) is 5.75 Å². The molecule has 0 aliphatic heterocycles. The minimum atomic E-state index is -2.71. The Morgan fingerprint density at radius 3 is 2.37 bits per heavy atom. The molecular weight excluding hydrogens is 362 g/mol. The van der Waals surface area contributed by atoms with Crippen molar-refractivity contribution in [3.05, 3.63) is 28.2 Å². The van der Waals surface area contributed by atoms with Crippen LogP contribution < -0.4 is 5.30 Å². The molecule has 0 spiro atoms. The van der Waals surface area contributed by atoms with Gasteiger partial charge in [0.05, 0.1) is 15.3 Å². The highest BCUT2D eigenvalue weighted by Gasteiger charge is 2.23. The highest BCUT2D eigenvalue weighted by molar-refractivity contribution is 8.71. The molecule has 0 saturated carbocycles. The number of halogens is 3. The van der Waals surface area contributed by atoms with Crippen molar-refractivity contribution in [1.82, 2.24) is 0 Å². The lowest BCUT2D eigenvalue weighted by molar-refractivity contribution is 0.585. The number of benzene rings is 1. The quantitative estimate of drug-likeness (QED) is 0.658. The van der Waals surface area contributed by atoms with Crippen LogP contribution in [0.25, 0.3) is 0 Å². The lowest BCUT2D eigenvalue weighted by atomic mass is 10.1. The molecule has 1 nitrogen and oxygen atoms in total. The minimum absolute atomic E-state index is 0. The van der Waals surface area contributed by atoms with E-state index in [0.29, 0.717) is 21.3 Å². The summed E-state index contributed by atoms with van der Waals surface area (Å²) in [5.74, 6) is 1.37. The van der Waals surface area contributed by atoms with Gasteiger partial charge in [-0.25, -0.2) is 0 Å². The summed E-state index contributed by atoms with van der Waals surface area (Å²) in [6.07, 6.45) is 2.28. The van der Waals surface area contributed by atoms with Crippen molar-refractivity contribution < 1.29 is 4.89 Å². The molecule has 2 unspecified atom stereocenters. The SMILES string of the molecule is CCCC(C)CSP(O)(=S)c1c(Cl)cccc1Cl.Cl. The highest BCUT2D eigenvalue weighted by Crippen LogP contribution is 2.57. The summed E-state index contributed by atoms with van der Waals surface area (Å²) in [4.78, 5) is 10.5. The van der Waals surface area contributed by atoms with E-state index in [9.17, 15) is 4.89 Å². The normalized spacial score (nSPS) is 15.4. The van der Waals surface area contributed by atoms with E-state index in [1.807, 2.05) is 0 Å². The van der Waals surface area contributed by atoms with Crippen LogP contribution in [0.2, 0.25) is 10.0 Å². The van der Waals surface area contributed by atoms with Gasteiger partial charge in [-0.05, 0) is 18.1 Å². The smallest absolute Gasteiger partial charge is 0.149 e. The summed E-state index contributed by atoms with van der Waals surface area (Å²) in [5, 5.41) is 1.46. The van der Waals surface area contributed by atoms with E-state index in [1.54, 1.807) is 18.2 Å². The van der Waals surface area contributed by atoms with Crippen LogP contribution in [-0.4, -0.2) is 10.6 Å². The second kappa shape index (κ2) is 9.15. The van der Waals surface area contributed by atoms with Crippen LogP contribution in [0.3, 0.4) is 0 Å². The first kappa shape index (κ1) is 20.1. The second-order valence-electron chi connectivity index (χ2n) is 4.28. The molecule has 0 fully saturated rings. The van der Waals surface area contributed by atoms with Crippen molar-refractivity contribution in [2.45, 2.75) is 26.7 Å². The first-order chi connectivity index (χ1) is 8.38.